The van der Waals surface area contributed by atoms with Crippen molar-refractivity contribution < 1.29 is 24.9 Å². The lowest BCUT2D eigenvalue weighted by Crippen LogP contribution is -2.40. The van der Waals surface area contributed by atoms with E-state index in [1.165, 1.54) is 19.1 Å². The fourth-order valence-corrected chi connectivity index (χ4v) is 1.33. The van der Waals surface area contributed by atoms with Crippen LogP contribution in [0, 0.1) is 5.92 Å². The molecule has 0 saturated heterocycles. The third-order valence-electron chi connectivity index (χ3n) is 2.72. The van der Waals surface area contributed by atoms with Crippen molar-refractivity contribution in [3.63, 3.8) is 0 Å². The van der Waals surface area contributed by atoms with Gasteiger partial charge in [-0.2, -0.15) is 0 Å². The smallest absolute Gasteiger partial charge is 0.308 e. The Hall–Kier alpha value is -2.24. The van der Waals surface area contributed by atoms with Crippen LogP contribution in [0.5, 0.6) is 11.5 Å². The van der Waals surface area contributed by atoms with E-state index >= 15 is 0 Å². The molecule has 1 aromatic carbocycles. The van der Waals surface area contributed by atoms with Gasteiger partial charge in [0, 0.05) is 6.04 Å². The number of rotatable bonds is 4. The number of carbonyl (C=O) groups excluding carboxylic acids is 1. The molecule has 1 rings (SSSR count). The SMILES string of the molecule is CC(NC(=O)c1cc(O)ccc1O)C(C)C(=O)O. The summed E-state index contributed by atoms with van der Waals surface area (Å²) in [5.74, 6) is -2.85. The molecule has 0 spiro atoms. The topological polar surface area (TPSA) is 107 Å². The number of hydrogen-bond acceptors (Lipinski definition) is 4. The third-order valence-corrected chi connectivity index (χ3v) is 2.72. The first-order valence-electron chi connectivity index (χ1n) is 5.38. The Kier molecular flexibility index (Phi) is 4.14. The zero-order valence-corrected chi connectivity index (χ0v) is 10.0. The van der Waals surface area contributed by atoms with Gasteiger partial charge in [-0.25, -0.2) is 0 Å². The van der Waals surface area contributed by atoms with Crippen molar-refractivity contribution in [1.82, 2.24) is 5.32 Å². The van der Waals surface area contributed by atoms with Crippen molar-refractivity contribution in [3.05, 3.63) is 23.8 Å². The lowest BCUT2D eigenvalue weighted by atomic mass is 10.0. The van der Waals surface area contributed by atoms with E-state index in [-0.39, 0.29) is 17.1 Å². The van der Waals surface area contributed by atoms with Gasteiger partial charge in [0.2, 0.25) is 0 Å². The van der Waals surface area contributed by atoms with Gasteiger partial charge in [0.15, 0.2) is 0 Å². The number of phenols is 2. The first-order chi connectivity index (χ1) is 8.32. The highest BCUT2D eigenvalue weighted by Crippen LogP contribution is 2.22. The predicted molar refractivity (Wildman–Crippen MR) is 63.5 cm³/mol. The van der Waals surface area contributed by atoms with E-state index in [1.807, 2.05) is 0 Å². The summed E-state index contributed by atoms with van der Waals surface area (Å²) in [7, 11) is 0. The van der Waals surface area contributed by atoms with E-state index in [9.17, 15) is 19.8 Å². The number of carboxylic acids is 1. The van der Waals surface area contributed by atoms with Gasteiger partial charge in [0.25, 0.3) is 5.91 Å². The van der Waals surface area contributed by atoms with E-state index in [2.05, 4.69) is 5.32 Å². The minimum atomic E-state index is -1.03. The number of carboxylic acid groups (broad SMARTS) is 1. The number of aliphatic carboxylic acids is 1. The second-order valence-corrected chi connectivity index (χ2v) is 4.09. The number of nitrogens with one attached hydrogen (secondary N) is 1. The molecule has 0 aromatic heterocycles. The van der Waals surface area contributed by atoms with E-state index in [0.717, 1.165) is 6.07 Å². The molecule has 2 unspecified atom stereocenters. The molecular weight excluding hydrogens is 238 g/mol. The van der Waals surface area contributed by atoms with Crippen LogP contribution in [0.25, 0.3) is 0 Å². The normalized spacial score (nSPS) is 13.7. The van der Waals surface area contributed by atoms with Crippen LogP contribution in [0.2, 0.25) is 0 Å². The molecule has 2 atom stereocenters. The summed E-state index contributed by atoms with van der Waals surface area (Å²) in [5, 5.41) is 30.0. The highest BCUT2D eigenvalue weighted by Gasteiger charge is 2.22. The number of aromatic hydroxyl groups is 2. The minimum absolute atomic E-state index is 0.0977. The van der Waals surface area contributed by atoms with Crippen molar-refractivity contribution >= 4 is 11.9 Å². The number of benzene rings is 1. The number of carbonyl (C=O) groups is 2. The molecule has 0 fully saturated rings. The van der Waals surface area contributed by atoms with Crippen LogP contribution in [0.4, 0.5) is 0 Å². The Morgan fingerprint density at radius 1 is 1.22 bits per heavy atom. The molecule has 6 heteroatoms. The Morgan fingerprint density at radius 3 is 2.39 bits per heavy atom. The molecule has 6 nitrogen and oxygen atoms in total. The molecular formula is C12H15NO5. The van der Waals surface area contributed by atoms with Gasteiger partial charge in [0.05, 0.1) is 11.5 Å². The molecule has 4 N–H and O–H groups in total. The van der Waals surface area contributed by atoms with E-state index < -0.39 is 23.8 Å². The average Bonchev–Trinajstić information content (AvgIpc) is 2.30. The van der Waals surface area contributed by atoms with Gasteiger partial charge >= 0.3 is 5.97 Å². The maximum atomic E-state index is 11.8. The van der Waals surface area contributed by atoms with Crippen LogP contribution in [0.1, 0.15) is 24.2 Å². The maximum absolute atomic E-state index is 11.8. The Balaban J connectivity index is 2.82. The lowest BCUT2D eigenvalue weighted by molar-refractivity contribution is -0.141. The molecule has 98 valence electrons. The van der Waals surface area contributed by atoms with Crippen molar-refractivity contribution in [2.75, 3.05) is 0 Å². The Morgan fingerprint density at radius 2 is 1.83 bits per heavy atom. The third kappa shape index (κ3) is 3.13. The Labute approximate surface area is 104 Å². The van der Waals surface area contributed by atoms with Crippen molar-refractivity contribution in [1.29, 1.82) is 0 Å². The van der Waals surface area contributed by atoms with Crippen molar-refractivity contribution in [2.24, 2.45) is 5.92 Å². The quantitative estimate of drug-likeness (QED) is 0.597. The van der Waals surface area contributed by atoms with Crippen molar-refractivity contribution in [2.45, 2.75) is 19.9 Å². The first kappa shape index (κ1) is 13.8. The van der Waals surface area contributed by atoms with Crippen LogP contribution < -0.4 is 5.32 Å². The Bertz CT molecular complexity index is 472. The van der Waals surface area contributed by atoms with Crippen LogP contribution >= 0.6 is 0 Å². The second kappa shape index (κ2) is 5.39. The minimum Gasteiger partial charge on any atom is -0.508 e. The fraction of sp³-hybridized carbons (Fsp3) is 0.333. The summed E-state index contributed by atoms with van der Waals surface area (Å²) in [5.41, 5.74) is -0.0977. The second-order valence-electron chi connectivity index (χ2n) is 4.09. The lowest BCUT2D eigenvalue weighted by Gasteiger charge is -2.18. The van der Waals surface area contributed by atoms with Crippen molar-refractivity contribution in [3.8, 4) is 11.5 Å². The predicted octanol–water partition coefficient (Wildman–Crippen LogP) is 0.937. The first-order valence-corrected chi connectivity index (χ1v) is 5.38. The highest BCUT2D eigenvalue weighted by molar-refractivity contribution is 5.97. The highest BCUT2D eigenvalue weighted by atomic mass is 16.4. The fourth-order valence-electron chi connectivity index (χ4n) is 1.33. The van der Waals surface area contributed by atoms with Crippen LogP contribution in [0.3, 0.4) is 0 Å². The van der Waals surface area contributed by atoms with Crippen LogP contribution in [-0.2, 0) is 4.79 Å². The van der Waals surface area contributed by atoms with E-state index in [0.29, 0.717) is 0 Å². The summed E-state index contributed by atoms with van der Waals surface area (Å²) in [6.07, 6.45) is 0. The molecule has 0 heterocycles. The number of phenolic OH excluding ortho intramolecular Hbond substituents is 2. The molecule has 18 heavy (non-hydrogen) atoms. The standard InChI is InChI=1S/C12H15NO5/c1-6(12(17)18)7(2)13-11(16)9-5-8(14)3-4-10(9)15/h3-7,14-15H,1-2H3,(H,13,16)(H,17,18). The molecule has 0 radical (unpaired) electrons. The van der Waals surface area contributed by atoms with Gasteiger partial charge < -0.3 is 20.6 Å². The average molecular weight is 253 g/mol. The zero-order chi connectivity index (χ0) is 13.9. The molecule has 0 saturated carbocycles. The summed E-state index contributed by atoms with van der Waals surface area (Å²) >= 11 is 0. The van der Waals surface area contributed by atoms with E-state index in [4.69, 9.17) is 5.11 Å². The van der Waals surface area contributed by atoms with Crippen LogP contribution in [-0.4, -0.2) is 33.2 Å². The molecule has 0 aliphatic heterocycles. The molecule has 1 aromatic rings. The maximum Gasteiger partial charge on any atom is 0.308 e. The number of hydrogen-bond donors (Lipinski definition) is 4. The van der Waals surface area contributed by atoms with Crippen LogP contribution in [0.15, 0.2) is 18.2 Å². The van der Waals surface area contributed by atoms with Gasteiger partial charge in [0.1, 0.15) is 11.5 Å². The summed E-state index contributed by atoms with van der Waals surface area (Å²) in [4.78, 5) is 22.5. The monoisotopic (exact) mass is 253 g/mol. The summed E-state index contributed by atoms with van der Waals surface area (Å²) in [6, 6.07) is 2.95. The molecule has 0 aliphatic carbocycles. The largest absolute Gasteiger partial charge is 0.508 e. The van der Waals surface area contributed by atoms with E-state index in [1.54, 1.807) is 6.92 Å². The summed E-state index contributed by atoms with van der Waals surface area (Å²) < 4.78 is 0. The zero-order valence-electron chi connectivity index (χ0n) is 10.0. The van der Waals surface area contributed by atoms with Gasteiger partial charge in [-0.15, -0.1) is 0 Å². The van der Waals surface area contributed by atoms with Gasteiger partial charge in [-0.1, -0.05) is 0 Å². The molecule has 1 amide bonds. The number of amides is 1. The molecule has 0 bridgehead atoms. The summed E-state index contributed by atoms with van der Waals surface area (Å²) in [6.45, 7) is 3.02. The van der Waals surface area contributed by atoms with Gasteiger partial charge in [-0.05, 0) is 32.0 Å². The molecule has 0 aliphatic rings. The van der Waals surface area contributed by atoms with Gasteiger partial charge in [-0.3, -0.25) is 9.59 Å².